The molecule has 1 fully saturated rings. The Labute approximate surface area is 169 Å². The molecule has 3 aromatic rings. The zero-order valence-corrected chi connectivity index (χ0v) is 16.1. The molecule has 1 aromatic heterocycles. The zero-order chi connectivity index (χ0) is 20.1. The van der Waals surface area contributed by atoms with Gasteiger partial charge in [0, 0.05) is 12.6 Å². The van der Waals surface area contributed by atoms with Crippen molar-refractivity contribution in [3.05, 3.63) is 60.7 Å². The molecule has 6 nitrogen and oxygen atoms in total. The number of nitrogens with zero attached hydrogens (tertiary/aromatic N) is 2. The fourth-order valence-corrected chi connectivity index (χ4v) is 3.50. The first kappa shape index (κ1) is 19.1. The van der Waals surface area contributed by atoms with Crippen LogP contribution in [0.4, 0.5) is 16.0 Å². The van der Waals surface area contributed by atoms with Crippen molar-refractivity contribution in [3.8, 4) is 22.6 Å². The number of benzene rings is 2. The van der Waals surface area contributed by atoms with Gasteiger partial charge in [-0.3, -0.25) is 0 Å². The SMILES string of the molecule is Nc1ncnc(NCC2CCNCC2)c1-c1ccc(Oc2cccc(F)c2)cc1. The Morgan fingerprint density at radius 3 is 2.62 bits per heavy atom. The maximum atomic E-state index is 13.3. The maximum absolute atomic E-state index is 13.3. The number of piperidine rings is 1. The Balaban J connectivity index is 1.51. The van der Waals surface area contributed by atoms with Crippen LogP contribution in [0.2, 0.25) is 0 Å². The topological polar surface area (TPSA) is 85.1 Å². The van der Waals surface area contributed by atoms with Crippen molar-refractivity contribution in [1.29, 1.82) is 0 Å². The number of nitrogens with two attached hydrogens (primary N) is 1. The van der Waals surface area contributed by atoms with Crippen molar-refractivity contribution in [2.75, 3.05) is 30.7 Å². The standard InChI is InChI=1S/C22H24FN5O/c23-17-2-1-3-19(12-17)29-18-6-4-16(5-7-18)20-21(24)27-14-28-22(20)26-13-15-8-10-25-11-9-15/h1-7,12,14-15,25H,8-11,13H2,(H3,24,26,27,28). The van der Waals surface area contributed by atoms with Gasteiger partial charge in [0.05, 0.1) is 5.56 Å². The van der Waals surface area contributed by atoms with E-state index >= 15 is 0 Å². The van der Waals surface area contributed by atoms with Gasteiger partial charge in [0.1, 0.15) is 35.3 Å². The molecule has 0 atom stereocenters. The number of nitrogen functional groups attached to an aromatic ring is 1. The van der Waals surface area contributed by atoms with Gasteiger partial charge in [-0.1, -0.05) is 18.2 Å². The third-order valence-electron chi connectivity index (χ3n) is 5.07. The van der Waals surface area contributed by atoms with Crippen LogP contribution < -0.4 is 21.1 Å². The number of rotatable bonds is 6. The molecule has 150 valence electrons. The van der Waals surface area contributed by atoms with E-state index in [1.807, 2.05) is 24.3 Å². The highest BCUT2D eigenvalue weighted by molar-refractivity contribution is 5.83. The minimum Gasteiger partial charge on any atom is -0.457 e. The highest BCUT2D eigenvalue weighted by Gasteiger charge is 2.16. The fourth-order valence-electron chi connectivity index (χ4n) is 3.50. The van der Waals surface area contributed by atoms with Crippen molar-refractivity contribution < 1.29 is 9.13 Å². The number of hydrogen-bond donors (Lipinski definition) is 3. The van der Waals surface area contributed by atoms with E-state index in [0.717, 1.165) is 49.4 Å². The summed E-state index contributed by atoms with van der Waals surface area (Å²) >= 11 is 0. The van der Waals surface area contributed by atoms with Gasteiger partial charge in [-0.2, -0.15) is 0 Å². The molecule has 0 bridgehead atoms. The predicted octanol–water partition coefficient (Wildman–Crippen LogP) is 4.07. The van der Waals surface area contributed by atoms with Crippen molar-refractivity contribution in [3.63, 3.8) is 0 Å². The van der Waals surface area contributed by atoms with Crippen LogP contribution in [0.5, 0.6) is 11.5 Å². The molecule has 0 amide bonds. The summed E-state index contributed by atoms with van der Waals surface area (Å²) in [5.41, 5.74) is 7.83. The Hall–Kier alpha value is -3.19. The highest BCUT2D eigenvalue weighted by atomic mass is 19.1. The van der Waals surface area contributed by atoms with Crippen LogP contribution >= 0.6 is 0 Å². The number of ether oxygens (including phenoxy) is 1. The molecule has 4 N–H and O–H groups in total. The summed E-state index contributed by atoms with van der Waals surface area (Å²) in [6.45, 7) is 2.96. The lowest BCUT2D eigenvalue weighted by molar-refractivity contribution is 0.389. The molecule has 7 heteroatoms. The second kappa shape index (κ2) is 8.87. The molecule has 4 rings (SSSR count). The van der Waals surface area contributed by atoms with E-state index in [0.29, 0.717) is 23.2 Å². The number of nitrogens with one attached hydrogen (secondary N) is 2. The summed E-state index contributed by atoms with van der Waals surface area (Å²) in [6.07, 6.45) is 3.77. The third-order valence-corrected chi connectivity index (χ3v) is 5.07. The summed E-state index contributed by atoms with van der Waals surface area (Å²) in [5.74, 6) is 2.49. The Bertz CT molecular complexity index is 958. The van der Waals surface area contributed by atoms with Gasteiger partial charge in [-0.05, 0) is 61.7 Å². The van der Waals surface area contributed by atoms with Gasteiger partial charge in [-0.15, -0.1) is 0 Å². The average molecular weight is 393 g/mol. The monoisotopic (exact) mass is 393 g/mol. The van der Waals surface area contributed by atoms with E-state index in [9.17, 15) is 4.39 Å². The summed E-state index contributed by atoms with van der Waals surface area (Å²) in [7, 11) is 0. The lowest BCUT2D eigenvalue weighted by Gasteiger charge is -2.23. The molecule has 0 saturated carbocycles. The van der Waals surface area contributed by atoms with E-state index in [-0.39, 0.29) is 5.82 Å². The van der Waals surface area contributed by atoms with Crippen LogP contribution in [0.15, 0.2) is 54.9 Å². The Kier molecular flexibility index (Phi) is 5.86. The second-order valence-corrected chi connectivity index (χ2v) is 7.14. The minimum absolute atomic E-state index is 0.335. The van der Waals surface area contributed by atoms with Gasteiger partial charge in [-0.25, -0.2) is 14.4 Å². The molecule has 2 heterocycles. The van der Waals surface area contributed by atoms with Crippen LogP contribution in [-0.2, 0) is 0 Å². The molecule has 0 aliphatic carbocycles. The van der Waals surface area contributed by atoms with Crippen molar-refractivity contribution in [2.24, 2.45) is 5.92 Å². The summed E-state index contributed by atoms with van der Waals surface area (Å²) in [6, 6.07) is 13.5. The normalized spacial score (nSPS) is 14.5. The summed E-state index contributed by atoms with van der Waals surface area (Å²) < 4.78 is 19.0. The van der Waals surface area contributed by atoms with Gasteiger partial charge in [0.15, 0.2) is 0 Å². The second-order valence-electron chi connectivity index (χ2n) is 7.14. The van der Waals surface area contributed by atoms with Gasteiger partial charge in [0.25, 0.3) is 0 Å². The molecule has 1 aliphatic rings. The van der Waals surface area contributed by atoms with Crippen molar-refractivity contribution >= 4 is 11.6 Å². The Morgan fingerprint density at radius 1 is 1.07 bits per heavy atom. The zero-order valence-electron chi connectivity index (χ0n) is 16.1. The number of hydrogen-bond acceptors (Lipinski definition) is 6. The molecule has 0 spiro atoms. The van der Waals surface area contributed by atoms with Crippen molar-refractivity contribution in [2.45, 2.75) is 12.8 Å². The van der Waals surface area contributed by atoms with E-state index < -0.39 is 0 Å². The lowest BCUT2D eigenvalue weighted by atomic mass is 9.98. The molecule has 1 saturated heterocycles. The first-order chi connectivity index (χ1) is 14.2. The van der Waals surface area contributed by atoms with Gasteiger partial charge >= 0.3 is 0 Å². The van der Waals surface area contributed by atoms with E-state index in [2.05, 4.69) is 20.6 Å². The van der Waals surface area contributed by atoms with Crippen molar-refractivity contribution in [1.82, 2.24) is 15.3 Å². The molecule has 29 heavy (non-hydrogen) atoms. The number of aromatic nitrogens is 2. The molecule has 0 unspecified atom stereocenters. The molecule has 0 radical (unpaired) electrons. The minimum atomic E-state index is -0.335. The van der Waals surface area contributed by atoms with Crippen LogP contribution in [0.25, 0.3) is 11.1 Å². The Morgan fingerprint density at radius 2 is 1.86 bits per heavy atom. The molecular weight excluding hydrogens is 369 g/mol. The van der Waals surface area contributed by atoms with Gasteiger partial charge in [0.2, 0.25) is 0 Å². The van der Waals surface area contributed by atoms with E-state index in [4.69, 9.17) is 10.5 Å². The first-order valence-corrected chi connectivity index (χ1v) is 9.78. The third kappa shape index (κ3) is 4.81. The van der Waals surface area contributed by atoms with E-state index in [1.54, 1.807) is 12.1 Å². The van der Waals surface area contributed by atoms with E-state index in [1.165, 1.54) is 18.5 Å². The molecule has 2 aromatic carbocycles. The fraction of sp³-hybridized carbons (Fsp3) is 0.273. The lowest BCUT2D eigenvalue weighted by Crippen LogP contribution is -2.31. The molecular formula is C22H24FN5O. The van der Waals surface area contributed by atoms with Crippen LogP contribution in [-0.4, -0.2) is 29.6 Å². The molecule has 1 aliphatic heterocycles. The van der Waals surface area contributed by atoms with Crippen LogP contribution in [0.3, 0.4) is 0 Å². The van der Waals surface area contributed by atoms with Crippen LogP contribution in [0.1, 0.15) is 12.8 Å². The smallest absolute Gasteiger partial charge is 0.139 e. The largest absolute Gasteiger partial charge is 0.457 e. The maximum Gasteiger partial charge on any atom is 0.139 e. The highest BCUT2D eigenvalue weighted by Crippen LogP contribution is 2.33. The number of halogens is 1. The van der Waals surface area contributed by atoms with Crippen LogP contribution in [0, 0.1) is 11.7 Å². The summed E-state index contributed by atoms with van der Waals surface area (Å²) in [4.78, 5) is 8.56. The first-order valence-electron chi connectivity index (χ1n) is 9.78. The number of anilines is 2. The van der Waals surface area contributed by atoms with Gasteiger partial charge < -0.3 is 21.1 Å². The quantitative estimate of drug-likeness (QED) is 0.585. The predicted molar refractivity (Wildman–Crippen MR) is 112 cm³/mol. The summed E-state index contributed by atoms with van der Waals surface area (Å²) in [5, 5.41) is 6.83. The average Bonchev–Trinajstić information content (AvgIpc) is 2.74.